The molecule has 0 saturated carbocycles. The topological polar surface area (TPSA) is 48.1 Å². The number of hydrogen-bond donors (Lipinski definition) is 2. The summed E-state index contributed by atoms with van der Waals surface area (Å²) in [6.07, 6.45) is 5.77. The lowest BCUT2D eigenvalue weighted by atomic mass is 9.93. The first-order valence-corrected chi connectivity index (χ1v) is 9.53. The monoisotopic (exact) mass is 359 g/mol. The van der Waals surface area contributed by atoms with Gasteiger partial charge in [0.2, 0.25) is 0 Å². The molecule has 27 heavy (non-hydrogen) atoms. The van der Waals surface area contributed by atoms with Crippen LogP contribution < -0.4 is 5.32 Å². The van der Waals surface area contributed by atoms with E-state index in [0.717, 1.165) is 53.6 Å². The molecule has 1 aliphatic heterocycles. The Hall–Kier alpha value is -3.01. The Kier molecular flexibility index (Phi) is 4.71. The number of rotatable bonds is 4. The maximum atomic E-state index is 13.0. The molecule has 4 nitrogen and oxygen atoms in total. The van der Waals surface area contributed by atoms with Crippen molar-refractivity contribution in [3.8, 4) is 0 Å². The van der Waals surface area contributed by atoms with E-state index in [1.165, 1.54) is 5.39 Å². The van der Waals surface area contributed by atoms with E-state index in [2.05, 4.69) is 35.1 Å². The number of benzene rings is 2. The first-order valence-electron chi connectivity index (χ1n) is 9.53. The van der Waals surface area contributed by atoms with Gasteiger partial charge in [0.05, 0.1) is 0 Å². The van der Waals surface area contributed by atoms with Gasteiger partial charge in [0.15, 0.2) is 0 Å². The number of carbonyl (C=O) groups is 1. The summed E-state index contributed by atoms with van der Waals surface area (Å²) in [5.41, 5.74) is 3.91. The van der Waals surface area contributed by atoms with Crippen LogP contribution in [0, 0.1) is 5.92 Å². The summed E-state index contributed by atoms with van der Waals surface area (Å²) in [6.45, 7) is 7.64. The van der Waals surface area contributed by atoms with Gasteiger partial charge in [-0.2, -0.15) is 0 Å². The summed E-state index contributed by atoms with van der Waals surface area (Å²) in [7, 11) is 0. The molecule has 1 fully saturated rings. The van der Waals surface area contributed by atoms with Gasteiger partial charge in [0.25, 0.3) is 5.91 Å². The van der Waals surface area contributed by atoms with Gasteiger partial charge in [0, 0.05) is 52.1 Å². The van der Waals surface area contributed by atoms with Gasteiger partial charge in [-0.25, -0.2) is 0 Å². The van der Waals surface area contributed by atoms with Crippen molar-refractivity contribution in [1.82, 2.24) is 15.2 Å². The van der Waals surface area contributed by atoms with Crippen LogP contribution in [-0.2, 0) is 0 Å². The number of fused-ring (bicyclic) bond motifs is 3. The number of likely N-dealkylation sites (tertiary alicyclic amines) is 1. The molecule has 0 atom stereocenters. The van der Waals surface area contributed by atoms with E-state index in [0.29, 0.717) is 5.92 Å². The summed E-state index contributed by atoms with van der Waals surface area (Å²) in [5.74, 6) is 0.530. The van der Waals surface area contributed by atoms with E-state index in [9.17, 15) is 4.79 Å². The Morgan fingerprint density at radius 1 is 1.15 bits per heavy atom. The van der Waals surface area contributed by atoms with Crippen LogP contribution in [0.1, 0.15) is 30.1 Å². The minimum atomic E-state index is 0.112. The lowest BCUT2D eigenvalue weighted by Gasteiger charge is -2.33. The number of hydrogen-bond acceptors (Lipinski definition) is 2. The molecule has 2 aromatic carbocycles. The third-order valence-corrected chi connectivity index (χ3v) is 5.46. The minimum absolute atomic E-state index is 0.112. The Bertz CT molecular complexity index is 1020. The zero-order chi connectivity index (χ0) is 18.8. The van der Waals surface area contributed by atoms with Gasteiger partial charge >= 0.3 is 0 Å². The Morgan fingerprint density at radius 3 is 2.67 bits per heavy atom. The largest absolute Gasteiger partial charge is 0.366 e. The van der Waals surface area contributed by atoms with Crippen molar-refractivity contribution in [3.05, 3.63) is 72.6 Å². The van der Waals surface area contributed by atoms with Crippen LogP contribution in [0.3, 0.4) is 0 Å². The van der Waals surface area contributed by atoms with Gasteiger partial charge in [0.1, 0.15) is 0 Å². The number of piperidine rings is 1. The molecule has 1 aliphatic rings. The van der Waals surface area contributed by atoms with Gasteiger partial charge in [-0.15, -0.1) is 0 Å². The summed E-state index contributed by atoms with van der Waals surface area (Å²) in [6, 6.07) is 14.2. The zero-order valence-electron chi connectivity index (χ0n) is 15.7. The fourth-order valence-electron chi connectivity index (χ4n) is 3.91. The van der Waals surface area contributed by atoms with Crippen molar-refractivity contribution in [1.29, 1.82) is 0 Å². The molecule has 0 radical (unpaired) electrons. The van der Waals surface area contributed by atoms with E-state index in [1.54, 1.807) is 0 Å². The Labute approximate surface area is 159 Å². The number of aromatic amines is 1. The summed E-state index contributed by atoms with van der Waals surface area (Å²) in [4.78, 5) is 18.4. The second-order valence-corrected chi connectivity index (χ2v) is 7.17. The number of nitrogens with one attached hydrogen (secondary N) is 2. The summed E-state index contributed by atoms with van der Waals surface area (Å²) in [5, 5.41) is 5.58. The van der Waals surface area contributed by atoms with Crippen LogP contribution in [0.5, 0.6) is 0 Å². The average Bonchev–Trinajstić information content (AvgIpc) is 3.09. The van der Waals surface area contributed by atoms with Crippen LogP contribution in [0.25, 0.3) is 21.8 Å². The van der Waals surface area contributed by atoms with Gasteiger partial charge < -0.3 is 15.2 Å². The number of para-hydroxylation sites is 1. The molecular weight excluding hydrogens is 334 g/mol. The molecule has 3 aromatic rings. The molecule has 0 bridgehead atoms. The first kappa shape index (κ1) is 17.4. The molecule has 1 saturated heterocycles. The predicted molar refractivity (Wildman–Crippen MR) is 112 cm³/mol. The summed E-state index contributed by atoms with van der Waals surface area (Å²) >= 11 is 0. The maximum Gasteiger partial charge on any atom is 0.253 e. The molecule has 138 valence electrons. The highest BCUT2D eigenvalue weighted by molar-refractivity contribution is 6.09. The SMILES string of the molecule is C=C(N/C=C\C)C1CCN(C(=O)c2ccc3c(c2)[nH]c2ccccc23)CC1. The standard InChI is InChI=1S/C23H25N3O/c1-3-12-24-16(2)17-10-13-26(14-11-17)23(27)18-8-9-20-19-6-4-5-7-21(19)25-22(20)15-18/h3-9,12,15,17,24-25H,2,10-11,13-14H2,1H3/b12-3-. The van der Waals surface area contributed by atoms with Crippen molar-refractivity contribution >= 4 is 27.7 Å². The number of aromatic nitrogens is 1. The first-order chi connectivity index (χ1) is 13.2. The number of carbonyl (C=O) groups excluding carboxylic acids is 1. The molecule has 1 aromatic heterocycles. The number of nitrogens with zero attached hydrogens (tertiary/aromatic N) is 1. The van der Waals surface area contributed by atoms with E-state index in [-0.39, 0.29) is 5.91 Å². The van der Waals surface area contributed by atoms with Crippen LogP contribution in [0.2, 0.25) is 0 Å². The highest BCUT2D eigenvalue weighted by Crippen LogP contribution is 2.27. The third-order valence-electron chi connectivity index (χ3n) is 5.46. The molecule has 4 rings (SSSR count). The van der Waals surface area contributed by atoms with Crippen molar-refractivity contribution in [2.45, 2.75) is 19.8 Å². The summed E-state index contributed by atoms with van der Waals surface area (Å²) < 4.78 is 0. The molecule has 4 heteroatoms. The average molecular weight is 359 g/mol. The van der Waals surface area contributed by atoms with E-state index >= 15 is 0 Å². The lowest BCUT2D eigenvalue weighted by molar-refractivity contribution is 0.0701. The Balaban J connectivity index is 1.48. The van der Waals surface area contributed by atoms with Crippen molar-refractivity contribution < 1.29 is 4.79 Å². The van der Waals surface area contributed by atoms with Crippen LogP contribution in [0.4, 0.5) is 0 Å². The van der Waals surface area contributed by atoms with Crippen molar-refractivity contribution in [3.63, 3.8) is 0 Å². The fraction of sp³-hybridized carbons (Fsp3) is 0.261. The van der Waals surface area contributed by atoms with Crippen LogP contribution in [-0.4, -0.2) is 28.9 Å². The maximum absolute atomic E-state index is 13.0. The molecule has 2 heterocycles. The second kappa shape index (κ2) is 7.31. The highest BCUT2D eigenvalue weighted by Gasteiger charge is 2.25. The van der Waals surface area contributed by atoms with E-state index in [4.69, 9.17) is 0 Å². The highest BCUT2D eigenvalue weighted by atomic mass is 16.2. The molecule has 0 unspecified atom stereocenters. The van der Waals surface area contributed by atoms with Crippen LogP contribution in [0.15, 0.2) is 67.0 Å². The van der Waals surface area contributed by atoms with Gasteiger partial charge in [-0.05, 0) is 44.2 Å². The minimum Gasteiger partial charge on any atom is -0.366 e. The molecular formula is C23H25N3O. The van der Waals surface area contributed by atoms with Gasteiger partial charge in [-0.3, -0.25) is 4.79 Å². The molecule has 1 amide bonds. The Morgan fingerprint density at radius 2 is 1.89 bits per heavy atom. The molecule has 2 N–H and O–H groups in total. The van der Waals surface area contributed by atoms with Gasteiger partial charge in [-0.1, -0.05) is 36.9 Å². The van der Waals surface area contributed by atoms with Crippen LogP contribution >= 0.6 is 0 Å². The normalized spacial score (nSPS) is 15.7. The number of H-pyrrole nitrogens is 1. The van der Waals surface area contributed by atoms with Crippen molar-refractivity contribution in [2.24, 2.45) is 5.92 Å². The fourth-order valence-corrected chi connectivity index (χ4v) is 3.91. The molecule has 0 spiro atoms. The quantitative estimate of drug-likeness (QED) is 0.702. The van der Waals surface area contributed by atoms with E-state index in [1.807, 2.05) is 48.4 Å². The number of amides is 1. The smallest absolute Gasteiger partial charge is 0.253 e. The van der Waals surface area contributed by atoms with Crippen molar-refractivity contribution in [2.75, 3.05) is 13.1 Å². The third kappa shape index (κ3) is 3.35. The predicted octanol–water partition coefficient (Wildman–Crippen LogP) is 4.81. The van der Waals surface area contributed by atoms with E-state index < -0.39 is 0 Å². The lowest BCUT2D eigenvalue weighted by Crippen LogP contribution is -2.39. The zero-order valence-corrected chi connectivity index (χ0v) is 15.7. The number of allylic oxidation sites excluding steroid dienone is 2. The molecule has 0 aliphatic carbocycles. The second-order valence-electron chi connectivity index (χ2n) is 7.17.